The minimum Gasteiger partial charge on any atom is -0.350 e. The molecule has 1 atom stereocenters. The lowest BCUT2D eigenvalue weighted by atomic mass is 10.1. The van der Waals surface area contributed by atoms with Crippen LogP contribution in [-0.4, -0.2) is 42.7 Å². The van der Waals surface area contributed by atoms with Gasteiger partial charge in [-0.2, -0.15) is 0 Å². The van der Waals surface area contributed by atoms with E-state index in [1.807, 2.05) is 30.5 Å². The monoisotopic (exact) mass is 354 g/mol. The number of likely N-dealkylation sites (tertiary alicyclic amines) is 1. The molecule has 4 heteroatoms. The van der Waals surface area contributed by atoms with Gasteiger partial charge in [-0.3, -0.25) is 9.69 Å². The van der Waals surface area contributed by atoms with Crippen LogP contribution in [0.15, 0.2) is 59.5 Å². The maximum absolute atomic E-state index is 12.4. The molecular weight excluding hydrogens is 328 g/mol. The number of carbonyl (C=O) groups excluding carboxylic acids is 1. The van der Waals surface area contributed by atoms with Gasteiger partial charge in [-0.1, -0.05) is 36.4 Å². The van der Waals surface area contributed by atoms with E-state index in [-0.39, 0.29) is 5.91 Å². The van der Waals surface area contributed by atoms with Gasteiger partial charge >= 0.3 is 0 Å². The van der Waals surface area contributed by atoms with Crippen molar-refractivity contribution in [1.29, 1.82) is 0 Å². The molecule has 1 aliphatic heterocycles. The summed E-state index contributed by atoms with van der Waals surface area (Å²) >= 11 is 1.66. The quantitative estimate of drug-likeness (QED) is 0.767. The van der Waals surface area contributed by atoms with E-state index < -0.39 is 0 Å². The summed E-state index contributed by atoms with van der Waals surface area (Å²) in [7, 11) is 0. The van der Waals surface area contributed by atoms with Crippen LogP contribution in [0.1, 0.15) is 28.8 Å². The molecule has 0 radical (unpaired) electrons. The van der Waals surface area contributed by atoms with Gasteiger partial charge < -0.3 is 5.32 Å². The van der Waals surface area contributed by atoms with E-state index in [1.54, 1.807) is 11.8 Å². The third-order valence-corrected chi connectivity index (χ3v) is 5.59. The highest BCUT2D eigenvalue weighted by molar-refractivity contribution is 7.98. The second-order valence-corrected chi connectivity index (χ2v) is 7.39. The average molecular weight is 355 g/mol. The Balaban J connectivity index is 1.50. The molecule has 1 N–H and O–H groups in total. The molecule has 2 aromatic carbocycles. The first-order valence-corrected chi connectivity index (χ1v) is 10.2. The van der Waals surface area contributed by atoms with Gasteiger partial charge in [0.15, 0.2) is 0 Å². The molecule has 1 aliphatic rings. The van der Waals surface area contributed by atoms with Crippen molar-refractivity contribution in [2.24, 2.45) is 0 Å². The number of rotatable bonds is 7. The fourth-order valence-corrected chi connectivity index (χ4v) is 3.87. The molecule has 0 aromatic heterocycles. The van der Waals surface area contributed by atoms with Gasteiger partial charge in [0.25, 0.3) is 5.91 Å². The van der Waals surface area contributed by atoms with Crippen molar-refractivity contribution in [1.82, 2.24) is 10.2 Å². The summed E-state index contributed by atoms with van der Waals surface area (Å²) in [6.07, 6.45) is 5.48. The summed E-state index contributed by atoms with van der Waals surface area (Å²) in [6.45, 7) is 2.93. The Hall–Kier alpha value is -1.78. The number of hydrogen-bond acceptors (Lipinski definition) is 3. The number of thioether (sulfide) groups is 1. The Morgan fingerprint density at radius 2 is 2.04 bits per heavy atom. The van der Waals surface area contributed by atoms with E-state index in [9.17, 15) is 4.79 Å². The number of nitrogens with zero attached hydrogens (tertiary/aromatic N) is 1. The van der Waals surface area contributed by atoms with Crippen LogP contribution in [0, 0.1) is 0 Å². The predicted molar refractivity (Wildman–Crippen MR) is 105 cm³/mol. The Labute approximate surface area is 154 Å². The molecule has 0 bridgehead atoms. The summed E-state index contributed by atoms with van der Waals surface area (Å²) in [4.78, 5) is 16.1. The summed E-state index contributed by atoms with van der Waals surface area (Å²) in [6, 6.07) is 18.9. The normalized spacial score (nSPS) is 17.6. The van der Waals surface area contributed by atoms with Gasteiger partial charge in [0, 0.05) is 29.6 Å². The Morgan fingerprint density at radius 3 is 2.84 bits per heavy atom. The van der Waals surface area contributed by atoms with Crippen molar-refractivity contribution in [3.8, 4) is 0 Å². The Bertz CT molecular complexity index is 689. The predicted octanol–water partition coefficient (Wildman–Crippen LogP) is 3.85. The molecule has 0 unspecified atom stereocenters. The zero-order valence-electron chi connectivity index (χ0n) is 14.8. The number of hydrogen-bond donors (Lipinski definition) is 1. The van der Waals surface area contributed by atoms with Crippen molar-refractivity contribution in [2.45, 2.75) is 30.2 Å². The molecule has 1 saturated heterocycles. The molecule has 0 saturated carbocycles. The number of amides is 1. The summed E-state index contributed by atoms with van der Waals surface area (Å²) in [5, 5.41) is 3.13. The van der Waals surface area contributed by atoms with Crippen LogP contribution in [0.25, 0.3) is 0 Å². The maximum atomic E-state index is 12.4. The fourth-order valence-electron chi connectivity index (χ4n) is 3.41. The van der Waals surface area contributed by atoms with Gasteiger partial charge in [-0.15, -0.1) is 11.8 Å². The van der Waals surface area contributed by atoms with Crippen molar-refractivity contribution in [2.75, 3.05) is 25.9 Å². The molecule has 0 spiro atoms. The Kier molecular flexibility index (Phi) is 6.54. The standard InChI is InChI=1S/C21H26N2OS/c1-25-20-11-5-9-18(15-20)21(24)22-16-19-10-6-13-23(19)14-12-17-7-3-2-4-8-17/h2-5,7-9,11,15,19H,6,10,12-14,16H2,1H3,(H,22,24)/t19-/m0/s1. The first-order chi connectivity index (χ1) is 12.3. The first-order valence-electron chi connectivity index (χ1n) is 8.96. The molecule has 2 aromatic rings. The molecule has 132 valence electrons. The van der Waals surface area contributed by atoms with E-state index in [4.69, 9.17) is 0 Å². The van der Waals surface area contributed by atoms with Gasteiger partial charge in [-0.25, -0.2) is 0 Å². The van der Waals surface area contributed by atoms with Crippen molar-refractivity contribution in [3.63, 3.8) is 0 Å². The summed E-state index contributed by atoms with van der Waals surface area (Å²) in [5.41, 5.74) is 2.13. The average Bonchev–Trinajstić information content (AvgIpc) is 3.12. The van der Waals surface area contributed by atoms with Crippen molar-refractivity contribution < 1.29 is 4.79 Å². The van der Waals surface area contributed by atoms with Gasteiger partial charge in [0.2, 0.25) is 0 Å². The minimum atomic E-state index is 0.0332. The number of benzene rings is 2. The molecule has 25 heavy (non-hydrogen) atoms. The van der Waals surface area contributed by atoms with Crippen LogP contribution in [-0.2, 0) is 6.42 Å². The highest BCUT2D eigenvalue weighted by atomic mass is 32.2. The van der Waals surface area contributed by atoms with E-state index in [0.717, 1.165) is 36.5 Å². The van der Waals surface area contributed by atoms with Gasteiger partial charge in [-0.05, 0) is 55.8 Å². The van der Waals surface area contributed by atoms with Crippen molar-refractivity contribution >= 4 is 17.7 Å². The molecule has 0 aliphatic carbocycles. The van der Waals surface area contributed by atoms with Crippen LogP contribution in [0.4, 0.5) is 0 Å². The topological polar surface area (TPSA) is 32.3 Å². The van der Waals surface area contributed by atoms with E-state index >= 15 is 0 Å². The van der Waals surface area contributed by atoms with E-state index in [2.05, 4.69) is 40.5 Å². The fraction of sp³-hybridized carbons (Fsp3) is 0.381. The lowest BCUT2D eigenvalue weighted by Gasteiger charge is -2.24. The lowest BCUT2D eigenvalue weighted by molar-refractivity contribution is 0.0940. The van der Waals surface area contributed by atoms with Crippen LogP contribution in [0.5, 0.6) is 0 Å². The van der Waals surface area contributed by atoms with Crippen LogP contribution in [0.3, 0.4) is 0 Å². The molecule has 3 rings (SSSR count). The second kappa shape index (κ2) is 9.07. The second-order valence-electron chi connectivity index (χ2n) is 6.51. The molecule has 1 fully saturated rings. The number of nitrogens with one attached hydrogen (secondary N) is 1. The third kappa shape index (κ3) is 5.10. The molecule has 3 nitrogen and oxygen atoms in total. The Morgan fingerprint density at radius 1 is 1.20 bits per heavy atom. The van der Waals surface area contributed by atoms with Gasteiger partial charge in [0.05, 0.1) is 0 Å². The minimum absolute atomic E-state index is 0.0332. The van der Waals surface area contributed by atoms with E-state index in [1.165, 1.54) is 18.4 Å². The zero-order valence-corrected chi connectivity index (χ0v) is 15.6. The van der Waals surface area contributed by atoms with Crippen LogP contribution >= 0.6 is 11.8 Å². The first kappa shape index (κ1) is 18.0. The van der Waals surface area contributed by atoms with Gasteiger partial charge in [0.1, 0.15) is 0 Å². The maximum Gasteiger partial charge on any atom is 0.251 e. The third-order valence-electron chi connectivity index (χ3n) is 4.86. The number of carbonyl (C=O) groups is 1. The van der Waals surface area contributed by atoms with Crippen LogP contribution in [0.2, 0.25) is 0 Å². The lowest BCUT2D eigenvalue weighted by Crippen LogP contribution is -2.41. The molecule has 1 amide bonds. The smallest absolute Gasteiger partial charge is 0.251 e. The zero-order chi connectivity index (χ0) is 17.5. The molecular formula is C21H26N2OS. The SMILES string of the molecule is CSc1cccc(C(=O)NC[C@@H]2CCCN2CCc2ccccc2)c1. The largest absolute Gasteiger partial charge is 0.350 e. The summed E-state index contributed by atoms with van der Waals surface area (Å²) < 4.78 is 0. The highest BCUT2D eigenvalue weighted by Crippen LogP contribution is 2.18. The van der Waals surface area contributed by atoms with Crippen molar-refractivity contribution in [3.05, 3.63) is 65.7 Å². The molecule has 1 heterocycles. The van der Waals surface area contributed by atoms with Crippen LogP contribution < -0.4 is 5.32 Å². The summed E-state index contributed by atoms with van der Waals surface area (Å²) in [5.74, 6) is 0.0332. The van der Waals surface area contributed by atoms with E-state index in [0.29, 0.717) is 6.04 Å². The highest BCUT2D eigenvalue weighted by Gasteiger charge is 2.24.